The standard InChI is InChI=1S/C33H32N4O2/c1-4-30(37-33(15-16-33)28-14-13-25-20-23(2)11-12-26(25)21-28)29-9-6-5-8-27(29)22-36-32(38)24(3)34-17-7-10-31-35-18-19-39-31/h4-6,8-9,11-14,18-21,34,37H,3,15-17,22H2,1-2H3,(H,36,38)/b30-4+. The number of hydrogen-bond donors (Lipinski definition) is 3. The van der Waals surface area contributed by atoms with E-state index in [4.69, 9.17) is 4.42 Å². The minimum absolute atomic E-state index is 0.0817. The Bertz CT molecular complexity index is 1600. The van der Waals surface area contributed by atoms with Gasteiger partial charge in [0.2, 0.25) is 0 Å². The number of nitrogens with zero attached hydrogens (tertiary/aromatic N) is 1. The van der Waals surface area contributed by atoms with Crippen molar-refractivity contribution in [1.29, 1.82) is 0 Å². The fraction of sp³-hybridized carbons (Fsp3) is 0.212. The summed E-state index contributed by atoms with van der Waals surface area (Å²) in [5.74, 6) is 5.69. The lowest BCUT2D eigenvalue weighted by Crippen LogP contribution is -2.32. The molecular formula is C33H32N4O2. The molecule has 4 aromatic rings. The first-order valence-corrected chi connectivity index (χ1v) is 13.1. The van der Waals surface area contributed by atoms with Gasteiger partial charge in [-0.3, -0.25) is 4.79 Å². The van der Waals surface area contributed by atoms with Crippen molar-refractivity contribution in [3.05, 3.63) is 120 Å². The molecule has 0 aliphatic heterocycles. The predicted octanol–water partition coefficient (Wildman–Crippen LogP) is 5.55. The summed E-state index contributed by atoms with van der Waals surface area (Å²) in [6.45, 7) is 8.64. The molecule has 1 saturated carbocycles. The van der Waals surface area contributed by atoms with Crippen molar-refractivity contribution >= 4 is 22.4 Å². The van der Waals surface area contributed by atoms with E-state index in [0.717, 1.165) is 29.7 Å². The lowest BCUT2D eigenvalue weighted by molar-refractivity contribution is -0.118. The summed E-state index contributed by atoms with van der Waals surface area (Å²) < 4.78 is 5.07. The van der Waals surface area contributed by atoms with Gasteiger partial charge in [-0.2, -0.15) is 0 Å². The molecule has 1 aliphatic carbocycles. The Hall–Kier alpha value is -4.76. The summed E-state index contributed by atoms with van der Waals surface area (Å²) in [5.41, 5.74) is 5.89. The van der Waals surface area contributed by atoms with Gasteiger partial charge in [-0.25, -0.2) is 4.98 Å². The van der Waals surface area contributed by atoms with Crippen LogP contribution in [0.4, 0.5) is 0 Å². The van der Waals surface area contributed by atoms with E-state index in [9.17, 15) is 4.79 Å². The number of benzene rings is 3. The maximum atomic E-state index is 12.7. The highest BCUT2D eigenvalue weighted by molar-refractivity contribution is 5.92. The smallest absolute Gasteiger partial charge is 0.273 e. The van der Waals surface area contributed by atoms with Crippen LogP contribution in [0.2, 0.25) is 0 Å². The van der Waals surface area contributed by atoms with E-state index < -0.39 is 0 Å². The minimum Gasteiger partial charge on any atom is -0.439 e. The highest BCUT2D eigenvalue weighted by atomic mass is 16.3. The molecule has 6 heteroatoms. The molecular weight excluding hydrogens is 484 g/mol. The average molecular weight is 517 g/mol. The fourth-order valence-corrected chi connectivity index (χ4v) is 4.68. The van der Waals surface area contributed by atoms with E-state index in [0.29, 0.717) is 12.4 Å². The largest absolute Gasteiger partial charge is 0.439 e. The number of nitrogens with one attached hydrogen (secondary N) is 3. The first-order chi connectivity index (χ1) is 19.0. The lowest BCUT2D eigenvalue weighted by Gasteiger charge is -2.24. The first-order valence-electron chi connectivity index (χ1n) is 13.1. The summed E-state index contributed by atoms with van der Waals surface area (Å²) in [7, 11) is 0. The number of rotatable bonds is 9. The third kappa shape index (κ3) is 6.05. The number of hydrogen-bond acceptors (Lipinski definition) is 5. The van der Waals surface area contributed by atoms with Crippen molar-refractivity contribution in [1.82, 2.24) is 20.9 Å². The monoisotopic (exact) mass is 516 g/mol. The molecule has 0 saturated heterocycles. The third-order valence-corrected chi connectivity index (χ3v) is 7.00. The Labute approximate surface area is 229 Å². The summed E-state index contributed by atoms with van der Waals surface area (Å²) in [6, 6.07) is 21.5. The van der Waals surface area contributed by atoms with Gasteiger partial charge in [0.1, 0.15) is 6.26 Å². The van der Waals surface area contributed by atoms with Crippen LogP contribution < -0.4 is 16.0 Å². The molecule has 0 spiro atoms. The van der Waals surface area contributed by atoms with Crippen LogP contribution in [0.3, 0.4) is 0 Å². The van der Waals surface area contributed by atoms with Crippen LogP contribution in [0, 0.1) is 18.8 Å². The van der Waals surface area contributed by atoms with Crippen LogP contribution in [0.1, 0.15) is 47.9 Å². The molecule has 1 heterocycles. The SMILES string of the molecule is C=C(NCC#Cc1ncco1)C(=O)NCc1ccccc1/C(=C\C)NC1(c2ccc3cc(C)ccc3c2)CC1. The normalized spacial score (nSPS) is 13.7. The third-order valence-electron chi connectivity index (χ3n) is 7.00. The Morgan fingerprint density at radius 3 is 2.67 bits per heavy atom. The van der Waals surface area contributed by atoms with Crippen molar-refractivity contribution in [3.63, 3.8) is 0 Å². The number of carbonyl (C=O) groups excluding carboxylic acids is 1. The molecule has 1 aliphatic rings. The van der Waals surface area contributed by atoms with Crippen LogP contribution in [-0.2, 0) is 16.9 Å². The topological polar surface area (TPSA) is 79.2 Å². The fourth-order valence-electron chi connectivity index (χ4n) is 4.68. The van der Waals surface area contributed by atoms with Crippen molar-refractivity contribution in [2.45, 2.75) is 38.8 Å². The van der Waals surface area contributed by atoms with Crippen molar-refractivity contribution < 1.29 is 9.21 Å². The Morgan fingerprint density at radius 1 is 1.10 bits per heavy atom. The summed E-state index contributed by atoms with van der Waals surface area (Å²) in [4.78, 5) is 16.6. The van der Waals surface area contributed by atoms with Gasteiger partial charge in [0.15, 0.2) is 0 Å². The molecule has 3 N–H and O–H groups in total. The number of allylic oxidation sites excluding steroid dienone is 1. The van der Waals surface area contributed by atoms with E-state index in [2.05, 4.69) is 94.8 Å². The van der Waals surface area contributed by atoms with Gasteiger partial charge in [-0.15, -0.1) is 0 Å². The minimum atomic E-state index is -0.275. The van der Waals surface area contributed by atoms with Crippen LogP contribution in [0.5, 0.6) is 0 Å². The zero-order chi connectivity index (χ0) is 27.2. The van der Waals surface area contributed by atoms with E-state index in [1.54, 1.807) is 0 Å². The predicted molar refractivity (Wildman–Crippen MR) is 155 cm³/mol. The number of aryl methyl sites for hydroxylation is 1. The Morgan fingerprint density at radius 2 is 1.90 bits per heavy atom. The van der Waals surface area contributed by atoms with Gasteiger partial charge in [-0.1, -0.05) is 78.7 Å². The second-order valence-electron chi connectivity index (χ2n) is 9.79. The van der Waals surface area contributed by atoms with Crippen molar-refractivity contribution in [2.24, 2.45) is 0 Å². The van der Waals surface area contributed by atoms with Crippen LogP contribution in [0.25, 0.3) is 16.5 Å². The van der Waals surface area contributed by atoms with Gasteiger partial charge < -0.3 is 20.4 Å². The summed E-state index contributed by atoms with van der Waals surface area (Å²) in [5, 5.41) is 12.3. The average Bonchev–Trinajstić information content (AvgIpc) is 3.56. The maximum Gasteiger partial charge on any atom is 0.273 e. The summed E-state index contributed by atoms with van der Waals surface area (Å²) in [6.07, 6.45) is 7.25. The summed E-state index contributed by atoms with van der Waals surface area (Å²) >= 11 is 0. The number of fused-ring (bicyclic) bond motifs is 1. The highest BCUT2D eigenvalue weighted by Gasteiger charge is 2.45. The quantitative estimate of drug-likeness (QED) is 0.201. The van der Waals surface area contributed by atoms with Gasteiger partial charge >= 0.3 is 0 Å². The molecule has 1 aromatic heterocycles. The number of oxazole rings is 1. The number of carbonyl (C=O) groups is 1. The molecule has 196 valence electrons. The van der Waals surface area contributed by atoms with Crippen LogP contribution >= 0.6 is 0 Å². The van der Waals surface area contributed by atoms with Gasteiger partial charge in [0.25, 0.3) is 11.8 Å². The van der Waals surface area contributed by atoms with Gasteiger partial charge in [0.05, 0.1) is 24.0 Å². The van der Waals surface area contributed by atoms with E-state index in [1.807, 2.05) is 25.1 Å². The molecule has 3 aromatic carbocycles. The molecule has 39 heavy (non-hydrogen) atoms. The van der Waals surface area contributed by atoms with Crippen molar-refractivity contribution in [2.75, 3.05) is 6.54 Å². The molecule has 0 atom stereocenters. The number of aromatic nitrogens is 1. The maximum absolute atomic E-state index is 12.7. The molecule has 6 nitrogen and oxygen atoms in total. The van der Waals surface area contributed by atoms with Crippen LogP contribution in [0.15, 0.2) is 95.9 Å². The van der Waals surface area contributed by atoms with E-state index in [1.165, 1.54) is 34.4 Å². The van der Waals surface area contributed by atoms with E-state index >= 15 is 0 Å². The Balaban J connectivity index is 1.24. The molecule has 5 rings (SSSR count). The van der Waals surface area contributed by atoms with Gasteiger partial charge in [0, 0.05) is 17.8 Å². The molecule has 0 bridgehead atoms. The lowest BCUT2D eigenvalue weighted by atomic mass is 9.97. The molecule has 1 fully saturated rings. The second-order valence-corrected chi connectivity index (χ2v) is 9.79. The molecule has 0 unspecified atom stereocenters. The first kappa shape index (κ1) is 25.9. The van der Waals surface area contributed by atoms with Crippen LogP contribution in [-0.4, -0.2) is 17.4 Å². The second kappa shape index (κ2) is 11.3. The molecule has 0 radical (unpaired) electrons. The van der Waals surface area contributed by atoms with Gasteiger partial charge in [-0.05, 0) is 60.6 Å². The van der Waals surface area contributed by atoms with E-state index in [-0.39, 0.29) is 23.7 Å². The number of amides is 1. The highest BCUT2D eigenvalue weighted by Crippen LogP contribution is 2.47. The van der Waals surface area contributed by atoms with Crippen molar-refractivity contribution in [3.8, 4) is 11.8 Å². The zero-order valence-electron chi connectivity index (χ0n) is 22.3. The molecule has 1 amide bonds. The zero-order valence-corrected chi connectivity index (χ0v) is 22.3. The Kier molecular flexibility index (Phi) is 7.51.